The molecule has 0 saturated heterocycles. The lowest BCUT2D eigenvalue weighted by Crippen LogP contribution is -2.26. The second kappa shape index (κ2) is 7.74. The average molecular weight is 387 g/mol. The molecule has 3 aromatic heterocycles. The summed E-state index contributed by atoms with van der Waals surface area (Å²) in [5, 5.41) is 14.3. The Bertz CT molecular complexity index is 934. The van der Waals surface area contributed by atoms with E-state index in [9.17, 15) is 5.11 Å². The summed E-state index contributed by atoms with van der Waals surface area (Å²) in [4.78, 5) is 17.6. The Hall–Kier alpha value is -2.32. The fraction of sp³-hybridized carbons (Fsp3) is 0.474. The Kier molecular flexibility index (Phi) is 5.57. The van der Waals surface area contributed by atoms with E-state index in [-0.39, 0.29) is 12.0 Å². The lowest BCUT2D eigenvalue weighted by Gasteiger charge is -2.23. The van der Waals surface area contributed by atoms with Crippen LogP contribution in [0.4, 0.5) is 11.8 Å². The molecule has 3 aromatic rings. The summed E-state index contributed by atoms with van der Waals surface area (Å²) in [5.41, 5.74) is 7.77. The highest BCUT2D eigenvalue weighted by molar-refractivity contribution is 7.21. The molecule has 4 N–H and O–H groups in total. The van der Waals surface area contributed by atoms with Crippen LogP contribution in [0.2, 0.25) is 0 Å². The minimum atomic E-state index is -0.694. The van der Waals surface area contributed by atoms with Crippen LogP contribution >= 0.6 is 11.3 Å². The molecule has 1 unspecified atom stereocenters. The molecular weight excluding hydrogens is 360 g/mol. The molecule has 0 aromatic carbocycles. The number of anilines is 2. The summed E-state index contributed by atoms with van der Waals surface area (Å²) >= 11 is 1.58. The smallest absolute Gasteiger partial charge is 0.221 e. The second-order valence-corrected chi connectivity index (χ2v) is 8.38. The topological polar surface area (TPSA) is 110 Å². The number of hydrogen-bond donors (Lipinski definition) is 3. The van der Waals surface area contributed by atoms with Crippen molar-refractivity contribution in [3.8, 4) is 10.6 Å². The summed E-state index contributed by atoms with van der Waals surface area (Å²) in [7, 11) is 0. The van der Waals surface area contributed by atoms with Crippen molar-refractivity contribution in [2.75, 3.05) is 11.1 Å². The SMILES string of the molecule is CCC(CCC(C)(C)O)Nc1nc(N)ncc1-c1nc2c(C)nccc2s1. The quantitative estimate of drug-likeness (QED) is 0.567. The number of aromatic nitrogens is 4. The first-order valence-electron chi connectivity index (χ1n) is 9.11. The van der Waals surface area contributed by atoms with Gasteiger partial charge < -0.3 is 16.2 Å². The molecule has 8 heteroatoms. The summed E-state index contributed by atoms with van der Waals surface area (Å²) in [6, 6.07) is 2.13. The third kappa shape index (κ3) is 4.70. The first kappa shape index (κ1) is 19.4. The van der Waals surface area contributed by atoms with E-state index in [0.717, 1.165) is 39.3 Å². The fourth-order valence-electron chi connectivity index (χ4n) is 2.86. The summed E-state index contributed by atoms with van der Waals surface area (Å²) in [6.07, 6.45) is 5.94. The highest BCUT2D eigenvalue weighted by Crippen LogP contribution is 2.34. The van der Waals surface area contributed by atoms with Crippen molar-refractivity contribution < 1.29 is 5.11 Å². The van der Waals surface area contributed by atoms with Crippen LogP contribution in [0.5, 0.6) is 0 Å². The number of pyridine rings is 1. The van der Waals surface area contributed by atoms with Gasteiger partial charge in [-0.15, -0.1) is 11.3 Å². The molecule has 0 radical (unpaired) electrons. The number of aryl methyl sites for hydroxylation is 1. The van der Waals surface area contributed by atoms with Gasteiger partial charge in [-0.2, -0.15) is 4.98 Å². The Balaban J connectivity index is 1.93. The fourth-order valence-corrected chi connectivity index (χ4v) is 3.88. The van der Waals surface area contributed by atoms with Gasteiger partial charge in [0.2, 0.25) is 5.95 Å². The molecular formula is C19H26N6OS. The van der Waals surface area contributed by atoms with Crippen molar-refractivity contribution in [2.45, 2.75) is 58.6 Å². The van der Waals surface area contributed by atoms with Crippen LogP contribution in [0.3, 0.4) is 0 Å². The maximum Gasteiger partial charge on any atom is 0.221 e. The number of nitrogens with one attached hydrogen (secondary N) is 1. The van der Waals surface area contributed by atoms with E-state index in [2.05, 4.69) is 27.2 Å². The van der Waals surface area contributed by atoms with Gasteiger partial charge in [-0.05, 0) is 46.1 Å². The molecule has 1 atom stereocenters. The van der Waals surface area contributed by atoms with Gasteiger partial charge in [-0.1, -0.05) is 6.92 Å². The predicted octanol–water partition coefficient (Wildman–Crippen LogP) is 3.78. The molecule has 0 aliphatic rings. The first-order valence-corrected chi connectivity index (χ1v) is 9.92. The lowest BCUT2D eigenvalue weighted by molar-refractivity contribution is 0.0672. The molecule has 0 spiro atoms. The van der Waals surface area contributed by atoms with Crippen LogP contribution in [0, 0.1) is 6.92 Å². The number of hydrogen-bond acceptors (Lipinski definition) is 8. The van der Waals surface area contributed by atoms with Gasteiger partial charge >= 0.3 is 0 Å². The Morgan fingerprint density at radius 3 is 2.74 bits per heavy atom. The van der Waals surface area contributed by atoms with Crippen molar-refractivity contribution in [3.63, 3.8) is 0 Å². The maximum atomic E-state index is 10.0. The number of aliphatic hydroxyl groups is 1. The molecule has 0 amide bonds. The van der Waals surface area contributed by atoms with Crippen molar-refractivity contribution in [3.05, 3.63) is 24.2 Å². The average Bonchev–Trinajstić information content (AvgIpc) is 3.03. The molecule has 3 heterocycles. The Labute approximate surface area is 163 Å². The molecule has 144 valence electrons. The first-order chi connectivity index (χ1) is 12.8. The Morgan fingerprint density at radius 2 is 2.07 bits per heavy atom. The Morgan fingerprint density at radius 1 is 1.30 bits per heavy atom. The van der Waals surface area contributed by atoms with Crippen molar-refractivity contribution in [1.29, 1.82) is 0 Å². The van der Waals surface area contributed by atoms with Crippen molar-refractivity contribution in [2.24, 2.45) is 0 Å². The molecule has 0 fully saturated rings. The van der Waals surface area contributed by atoms with Gasteiger partial charge in [0.1, 0.15) is 16.3 Å². The molecule has 0 aliphatic carbocycles. The molecule has 0 bridgehead atoms. The normalized spacial score (nSPS) is 13.1. The van der Waals surface area contributed by atoms with Crippen LogP contribution in [-0.4, -0.2) is 36.7 Å². The number of rotatable bonds is 7. The molecule has 27 heavy (non-hydrogen) atoms. The van der Waals surface area contributed by atoms with Crippen LogP contribution in [-0.2, 0) is 0 Å². The van der Waals surface area contributed by atoms with E-state index >= 15 is 0 Å². The van der Waals surface area contributed by atoms with Crippen molar-refractivity contribution in [1.82, 2.24) is 19.9 Å². The lowest BCUT2D eigenvalue weighted by atomic mass is 9.98. The van der Waals surface area contributed by atoms with Crippen LogP contribution in [0.25, 0.3) is 20.8 Å². The zero-order chi connectivity index (χ0) is 19.6. The second-order valence-electron chi connectivity index (χ2n) is 7.35. The molecule has 3 rings (SSSR count). The van der Waals surface area contributed by atoms with Gasteiger partial charge in [0.05, 0.1) is 21.6 Å². The largest absolute Gasteiger partial charge is 0.390 e. The van der Waals surface area contributed by atoms with Gasteiger partial charge in [0.15, 0.2) is 0 Å². The standard InChI is InChI=1S/C19H26N6OS/c1-5-12(6-8-19(3,4)26)23-16-13(10-22-18(20)25-16)17-24-15-11(2)21-9-7-14(15)27-17/h7,9-10,12,26H,5-6,8H2,1-4H3,(H3,20,22,23,25). The van der Waals surface area contributed by atoms with Gasteiger partial charge in [-0.25, -0.2) is 9.97 Å². The van der Waals surface area contributed by atoms with Crippen LogP contribution in [0.1, 0.15) is 45.7 Å². The number of fused-ring (bicyclic) bond motifs is 1. The van der Waals surface area contributed by atoms with Crippen molar-refractivity contribution >= 4 is 33.3 Å². The number of nitrogens with two attached hydrogens (primary N) is 1. The third-order valence-electron chi connectivity index (χ3n) is 4.47. The highest BCUT2D eigenvalue weighted by atomic mass is 32.1. The van der Waals surface area contributed by atoms with E-state index in [1.54, 1.807) is 23.7 Å². The zero-order valence-corrected chi connectivity index (χ0v) is 17.0. The van der Waals surface area contributed by atoms with Crippen LogP contribution in [0.15, 0.2) is 18.5 Å². The number of thiazole rings is 1. The molecule has 7 nitrogen and oxygen atoms in total. The minimum Gasteiger partial charge on any atom is -0.390 e. The zero-order valence-electron chi connectivity index (χ0n) is 16.2. The maximum absolute atomic E-state index is 10.0. The summed E-state index contributed by atoms with van der Waals surface area (Å²) in [6.45, 7) is 7.71. The van der Waals surface area contributed by atoms with E-state index in [0.29, 0.717) is 12.2 Å². The summed E-state index contributed by atoms with van der Waals surface area (Å²) < 4.78 is 1.08. The van der Waals surface area contributed by atoms with Gasteiger partial charge in [0.25, 0.3) is 0 Å². The number of nitrogen functional groups attached to an aromatic ring is 1. The van der Waals surface area contributed by atoms with Gasteiger partial charge in [0, 0.05) is 18.4 Å². The highest BCUT2D eigenvalue weighted by Gasteiger charge is 2.19. The summed E-state index contributed by atoms with van der Waals surface area (Å²) in [5.74, 6) is 0.896. The van der Waals surface area contributed by atoms with E-state index in [4.69, 9.17) is 10.7 Å². The van der Waals surface area contributed by atoms with E-state index < -0.39 is 5.60 Å². The minimum absolute atomic E-state index is 0.169. The van der Waals surface area contributed by atoms with Crippen LogP contribution < -0.4 is 11.1 Å². The van der Waals surface area contributed by atoms with E-state index in [1.807, 2.05) is 26.8 Å². The monoisotopic (exact) mass is 386 g/mol. The van der Waals surface area contributed by atoms with Gasteiger partial charge in [-0.3, -0.25) is 4.98 Å². The molecule has 0 aliphatic heterocycles. The van der Waals surface area contributed by atoms with E-state index in [1.165, 1.54) is 0 Å². The molecule has 0 saturated carbocycles. The third-order valence-corrected chi connectivity index (χ3v) is 5.52. The predicted molar refractivity (Wildman–Crippen MR) is 111 cm³/mol. The number of nitrogens with zero attached hydrogens (tertiary/aromatic N) is 4.